The maximum Gasteiger partial charge on any atom is 0.0385 e. The molecule has 0 rings (SSSR count). The lowest BCUT2D eigenvalue weighted by Gasteiger charge is -2.04. The summed E-state index contributed by atoms with van der Waals surface area (Å²) in [5.41, 5.74) is 0. The van der Waals surface area contributed by atoms with Gasteiger partial charge in [-0.05, 0) is 25.5 Å². The summed E-state index contributed by atoms with van der Waals surface area (Å²) in [4.78, 5) is 4.21. The Morgan fingerprint density at radius 1 is 0.867 bits per heavy atom. The molecule has 0 fully saturated rings. The van der Waals surface area contributed by atoms with Crippen LogP contribution in [0.2, 0.25) is 0 Å². The fourth-order valence-corrected chi connectivity index (χ4v) is 1.77. The molecule has 0 aliphatic rings. The van der Waals surface area contributed by atoms with Gasteiger partial charge in [0.2, 0.25) is 0 Å². The first-order chi connectivity index (χ1) is 7.27. The molecule has 0 aromatic carbocycles. The van der Waals surface area contributed by atoms with Crippen LogP contribution in [0.15, 0.2) is 4.99 Å². The van der Waals surface area contributed by atoms with Crippen LogP contribution in [0.3, 0.4) is 0 Å². The number of rotatable bonds is 10. The summed E-state index contributed by atoms with van der Waals surface area (Å²) < 4.78 is 0. The van der Waals surface area contributed by atoms with Gasteiger partial charge < -0.3 is 0 Å². The van der Waals surface area contributed by atoms with Gasteiger partial charge in [0.25, 0.3) is 0 Å². The molecule has 0 saturated heterocycles. The van der Waals surface area contributed by atoms with Crippen molar-refractivity contribution >= 4 is 6.21 Å². The Kier molecular flexibility index (Phi) is 11.5. The smallest absolute Gasteiger partial charge is 0.0385 e. The Hall–Kier alpha value is -0.330. The van der Waals surface area contributed by atoms with Crippen molar-refractivity contribution in [2.45, 2.75) is 72.1 Å². The number of aliphatic imine (C=N–C) groups is 1. The van der Waals surface area contributed by atoms with E-state index in [0.29, 0.717) is 0 Å². The molecule has 0 aliphatic carbocycles. The molecule has 0 atom stereocenters. The minimum Gasteiger partial charge on any atom is -0.298 e. The molecular weight excluding hydrogens is 182 g/mol. The number of hydrogen-bond donors (Lipinski definition) is 0. The predicted molar refractivity (Wildman–Crippen MR) is 70.8 cm³/mol. The molecule has 0 aromatic heterocycles. The van der Waals surface area contributed by atoms with Crippen molar-refractivity contribution in [2.24, 2.45) is 10.9 Å². The Morgan fingerprint density at radius 2 is 1.40 bits per heavy atom. The minimum atomic E-state index is 0.886. The highest BCUT2D eigenvalue weighted by molar-refractivity contribution is 5.53. The van der Waals surface area contributed by atoms with Gasteiger partial charge in [0, 0.05) is 6.54 Å². The molecule has 15 heavy (non-hydrogen) atoms. The van der Waals surface area contributed by atoms with Crippen LogP contribution in [0, 0.1) is 5.92 Å². The molecular formula is C14H29N. The van der Waals surface area contributed by atoms with Crippen LogP contribution in [0.1, 0.15) is 72.1 Å². The lowest BCUT2D eigenvalue weighted by molar-refractivity contribution is 0.510. The summed E-state index contributed by atoms with van der Waals surface area (Å²) in [6.45, 7) is 7.65. The van der Waals surface area contributed by atoms with Gasteiger partial charge in [-0.15, -0.1) is 0 Å². The number of hydrogen-bond acceptors (Lipinski definition) is 1. The van der Waals surface area contributed by atoms with Crippen molar-refractivity contribution < 1.29 is 0 Å². The van der Waals surface area contributed by atoms with Crippen molar-refractivity contribution in [1.82, 2.24) is 0 Å². The monoisotopic (exact) mass is 211 g/mol. The van der Waals surface area contributed by atoms with E-state index in [1.54, 1.807) is 0 Å². The second-order valence-electron chi connectivity index (χ2n) is 4.82. The van der Waals surface area contributed by atoms with E-state index >= 15 is 0 Å². The van der Waals surface area contributed by atoms with Gasteiger partial charge in [-0.25, -0.2) is 0 Å². The van der Waals surface area contributed by atoms with Crippen LogP contribution in [0.25, 0.3) is 0 Å². The normalized spacial score (nSPS) is 11.7. The molecule has 0 aliphatic heterocycles. The standard InChI is InChI=1S/C14H29N/c1-4-15-13-11-9-7-5-6-8-10-12-14(2)3/h4,14H,5-13H2,1-3H3. The topological polar surface area (TPSA) is 12.4 Å². The molecule has 0 aromatic rings. The van der Waals surface area contributed by atoms with E-state index in [4.69, 9.17) is 0 Å². The van der Waals surface area contributed by atoms with Crippen molar-refractivity contribution in [3.8, 4) is 0 Å². The van der Waals surface area contributed by atoms with Gasteiger partial charge in [-0.1, -0.05) is 58.8 Å². The van der Waals surface area contributed by atoms with Crippen molar-refractivity contribution in [2.75, 3.05) is 6.54 Å². The van der Waals surface area contributed by atoms with Gasteiger partial charge in [0.15, 0.2) is 0 Å². The maximum absolute atomic E-state index is 4.21. The Balaban J connectivity index is 2.92. The molecule has 0 heterocycles. The zero-order chi connectivity index (χ0) is 11.4. The van der Waals surface area contributed by atoms with E-state index in [-0.39, 0.29) is 0 Å². The molecule has 0 bridgehead atoms. The lowest BCUT2D eigenvalue weighted by Crippen LogP contribution is -1.87. The van der Waals surface area contributed by atoms with E-state index in [2.05, 4.69) is 18.8 Å². The third kappa shape index (κ3) is 13.7. The van der Waals surface area contributed by atoms with Gasteiger partial charge in [-0.2, -0.15) is 0 Å². The van der Waals surface area contributed by atoms with Crippen LogP contribution in [-0.4, -0.2) is 12.8 Å². The van der Waals surface area contributed by atoms with Crippen molar-refractivity contribution in [1.29, 1.82) is 0 Å². The highest BCUT2D eigenvalue weighted by Crippen LogP contribution is 2.11. The first-order valence-corrected chi connectivity index (χ1v) is 6.71. The highest BCUT2D eigenvalue weighted by Gasteiger charge is 1.94. The second kappa shape index (κ2) is 11.7. The van der Waals surface area contributed by atoms with Crippen LogP contribution in [0.5, 0.6) is 0 Å². The average molecular weight is 211 g/mol. The maximum atomic E-state index is 4.21. The molecule has 1 heteroatoms. The average Bonchev–Trinajstić information content (AvgIpc) is 2.20. The molecule has 0 amide bonds. The SMILES string of the molecule is CC=NCCCCCCCCCC(C)C. The lowest BCUT2D eigenvalue weighted by atomic mass is 10.0. The van der Waals surface area contributed by atoms with Gasteiger partial charge >= 0.3 is 0 Å². The van der Waals surface area contributed by atoms with E-state index in [0.717, 1.165) is 12.5 Å². The van der Waals surface area contributed by atoms with E-state index in [1.807, 2.05) is 13.1 Å². The number of nitrogens with zero attached hydrogens (tertiary/aromatic N) is 1. The third-order valence-corrected chi connectivity index (χ3v) is 2.75. The van der Waals surface area contributed by atoms with Gasteiger partial charge in [0.1, 0.15) is 0 Å². The fraction of sp³-hybridized carbons (Fsp3) is 0.929. The molecule has 0 N–H and O–H groups in total. The molecule has 0 spiro atoms. The summed E-state index contributed by atoms with van der Waals surface area (Å²) in [5.74, 6) is 0.886. The summed E-state index contributed by atoms with van der Waals surface area (Å²) in [6, 6.07) is 0. The zero-order valence-electron chi connectivity index (χ0n) is 11.0. The summed E-state index contributed by atoms with van der Waals surface area (Å²) in [5, 5.41) is 0. The minimum absolute atomic E-state index is 0.886. The first kappa shape index (κ1) is 14.7. The highest BCUT2D eigenvalue weighted by atomic mass is 14.7. The quantitative estimate of drug-likeness (QED) is 0.362. The van der Waals surface area contributed by atoms with Crippen molar-refractivity contribution in [3.63, 3.8) is 0 Å². The van der Waals surface area contributed by atoms with E-state index in [1.165, 1.54) is 51.4 Å². The summed E-state index contributed by atoms with van der Waals surface area (Å²) in [7, 11) is 0. The fourth-order valence-electron chi connectivity index (χ4n) is 1.77. The Morgan fingerprint density at radius 3 is 1.93 bits per heavy atom. The van der Waals surface area contributed by atoms with Crippen molar-refractivity contribution in [3.05, 3.63) is 0 Å². The van der Waals surface area contributed by atoms with Gasteiger partial charge in [0.05, 0.1) is 0 Å². The largest absolute Gasteiger partial charge is 0.298 e. The van der Waals surface area contributed by atoms with E-state index < -0.39 is 0 Å². The Bertz CT molecular complexity index is 138. The number of unbranched alkanes of at least 4 members (excludes halogenated alkanes) is 6. The van der Waals surface area contributed by atoms with E-state index in [9.17, 15) is 0 Å². The van der Waals surface area contributed by atoms with Crippen LogP contribution < -0.4 is 0 Å². The Labute approximate surface area is 96.4 Å². The van der Waals surface area contributed by atoms with Crippen LogP contribution in [0.4, 0.5) is 0 Å². The molecule has 0 unspecified atom stereocenters. The molecule has 90 valence electrons. The molecule has 0 radical (unpaired) electrons. The van der Waals surface area contributed by atoms with Crippen LogP contribution >= 0.6 is 0 Å². The zero-order valence-corrected chi connectivity index (χ0v) is 11.0. The third-order valence-electron chi connectivity index (χ3n) is 2.75. The van der Waals surface area contributed by atoms with Gasteiger partial charge in [-0.3, -0.25) is 4.99 Å². The second-order valence-corrected chi connectivity index (χ2v) is 4.82. The van der Waals surface area contributed by atoms with Crippen LogP contribution in [-0.2, 0) is 0 Å². The molecule has 1 nitrogen and oxygen atoms in total. The summed E-state index contributed by atoms with van der Waals surface area (Å²) in [6.07, 6.45) is 13.1. The predicted octanol–water partition coefficient (Wildman–Crippen LogP) is 4.85. The summed E-state index contributed by atoms with van der Waals surface area (Å²) >= 11 is 0. The first-order valence-electron chi connectivity index (χ1n) is 6.71. The molecule has 0 saturated carbocycles.